The number of ether oxygens (including phenoxy) is 1. The molecule has 1 heterocycles. The van der Waals surface area contributed by atoms with Crippen molar-refractivity contribution < 1.29 is 4.74 Å². The number of rotatable bonds is 0. The van der Waals surface area contributed by atoms with Crippen molar-refractivity contribution in [2.24, 2.45) is 11.3 Å². The van der Waals surface area contributed by atoms with Gasteiger partial charge in [0, 0.05) is 11.6 Å². The fourth-order valence-electron chi connectivity index (χ4n) is 3.36. The summed E-state index contributed by atoms with van der Waals surface area (Å²) in [6.45, 7) is 11.2. The standard InChI is InChI=1S/C14H27NO/c1-11-9-16-10-14(15-11)7-5-12(6-8-14)13(2,3)4/h11-12,15H,5-10H2,1-4H3/t11-,12?,14?/m0/s1. The molecular weight excluding hydrogens is 198 g/mol. The van der Waals surface area contributed by atoms with E-state index in [1.807, 2.05) is 0 Å². The number of morpholine rings is 1. The van der Waals surface area contributed by atoms with Gasteiger partial charge in [0.05, 0.1) is 13.2 Å². The Kier molecular flexibility index (Phi) is 3.33. The van der Waals surface area contributed by atoms with E-state index in [0.29, 0.717) is 17.0 Å². The van der Waals surface area contributed by atoms with Crippen molar-refractivity contribution in [3.63, 3.8) is 0 Å². The highest BCUT2D eigenvalue weighted by Gasteiger charge is 2.41. The van der Waals surface area contributed by atoms with Crippen molar-refractivity contribution in [1.29, 1.82) is 0 Å². The zero-order valence-electron chi connectivity index (χ0n) is 11.3. The van der Waals surface area contributed by atoms with Gasteiger partial charge in [-0.25, -0.2) is 0 Å². The lowest BCUT2D eigenvalue weighted by molar-refractivity contribution is -0.0276. The molecule has 1 aliphatic carbocycles. The van der Waals surface area contributed by atoms with E-state index in [4.69, 9.17) is 4.74 Å². The van der Waals surface area contributed by atoms with Crippen LogP contribution in [-0.4, -0.2) is 24.8 Å². The molecule has 0 amide bonds. The topological polar surface area (TPSA) is 21.3 Å². The second-order valence-electron chi connectivity index (χ2n) is 6.98. The van der Waals surface area contributed by atoms with Crippen molar-refractivity contribution in [2.45, 2.75) is 65.0 Å². The summed E-state index contributed by atoms with van der Waals surface area (Å²) in [7, 11) is 0. The first-order valence-corrected chi connectivity index (χ1v) is 6.77. The van der Waals surface area contributed by atoms with Crippen molar-refractivity contribution in [3.05, 3.63) is 0 Å². The van der Waals surface area contributed by atoms with Gasteiger partial charge in [0.15, 0.2) is 0 Å². The lowest BCUT2D eigenvalue weighted by atomic mass is 9.67. The van der Waals surface area contributed by atoms with Gasteiger partial charge >= 0.3 is 0 Å². The summed E-state index contributed by atoms with van der Waals surface area (Å²) < 4.78 is 5.73. The van der Waals surface area contributed by atoms with Gasteiger partial charge in [-0.15, -0.1) is 0 Å². The normalized spacial score (nSPS) is 41.2. The van der Waals surface area contributed by atoms with Crippen LogP contribution >= 0.6 is 0 Å². The fourth-order valence-corrected chi connectivity index (χ4v) is 3.36. The molecule has 0 radical (unpaired) electrons. The molecule has 1 saturated heterocycles. The van der Waals surface area contributed by atoms with Gasteiger partial charge in [-0.05, 0) is 43.9 Å². The average Bonchev–Trinajstić information content (AvgIpc) is 2.16. The zero-order chi connectivity index (χ0) is 11.8. The van der Waals surface area contributed by atoms with Gasteiger partial charge in [0.25, 0.3) is 0 Å². The molecule has 1 atom stereocenters. The number of hydrogen-bond donors (Lipinski definition) is 1. The van der Waals surface area contributed by atoms with E-state index in [1.54, 1.807) is 0 Å². The quantitative estimate of drug-likeness (QED) is 0.684. The third-order valence-corrected chi connectivity index (χ3v) is 4.47. The molecule has 2 fully saturated rings. The second-order valence-corrected chi connectivity index (χ2v) is 6.98. The van der Waals surface area contributed by atoms with E-state index in [1.165, 1.54) is 25.7 Å². The molecule has 2 heteroatoms. The highest BCUT2D eigenvalue weighted by atomic mass is 16.5. The minimum Gasteiger partial charge on any atom is -0.378 e. The second kappa shape index (κ2) is 4.30. The monoisotopic (exact) mass is 225 g/mol. The maximum absolute atomic E-state index is 5.73. The Balaban J connectivity index is 1.93. The van der Waals surface area contributed by atoms with E-state index < -0.39 is 0 Å². The molecule has 1 aliphatic heterocycles. The van der Waals surface area contributed by atoms with Crippen molar-refractivity contribution in [3.8, 4) is 0 Å². The first-order valence-electron chi connectivity index (χ1n) is 6.77. The van der Waals surface area contributed by atoms with Gasteiger partial charge in [-0.3, -0.25) is 0 Å². The Labute approximate surface area is 100 Å². The van der Waals surface area contributed by atoms with Crippen LogP contribution in [0.25, 0.3) is 0 Å². The molecule has 1 spiro atoms. The predicted molar refractivity (Wildman–Crippen MR) is 67.6 cm³/mol. The van der Waals surface area contributed by atoms with Crippen LogP contribution in [0.2, 0.25) is 0 Å². The fraction of sp³-hybridized carbons (Fsp3) is 1.00. The van der Waals surface area contributed by atoms with E-state index in [0.717, 1.165) is 19.1 Å². The molecule has 94 valence electrons. The Bertz CT molecular complexity index is 236. The third-order valence-electron chi connectivity index (χ3n) is 4.47. The molecule has 0 aromatic rings. The van der Waals surface area contributed by atoms with E-state index in [-0.39, 0.29) is 0 Å². The van der Waals surface area contributed by atoms with Crippen LogP contribution in [0, 0.1) is 11.3 Å². The van der Waals surface area contributed by atoms with Crippen LogP contribution in [0.15, 0.2) is 0 Å². The highest BCUT2D eigenvalue weighted by molar-refractivity contribution is 4.98. The molecule has 0 unspecified atom stereocenters. The molecule has 1 saturated carbocycles. The first-order chi connectivity index (χ1) is 7.41. The summed E-state index contributed by atoms with van der Waals surface area (Å²) >= 11 is 0. The summed E-state index contributed by atoms with van der Waals surface area (Å²) in [5, 5.41) is 3.78. The van der Waals surface area contributed by atoms with Gasteiger partial charge in [0.2, 0.25) is 0 Å². The minimum absolute atomic E-state index is 0.305. The van der Waals surface area contributed by atoms with Gasteiger partial charge in [0.1, 0.15) is 0 Å². The third kappa shape index (κ3) is 2.60. The molecule has 16 heavy (non-hydrogen) atoms. The van der Waals surface area contributed by atoms with Crippen LogP contribution in [0.3, 0.4) is 0 Å². The molecule has 1 N–H and O–H groups in total. The Morgan fingerprint density at radius 2 is 1.81 bits per heavy atom. The van der Waals surface area contributed by atoms with Crippen molar-refractivity contribution in [1.82, 2.24) is 5.32 Å². The summed E-state index contributed by atoms with van der Waals surface area (Å²) in [6, 6.07) is 0.528. The van der Waals surface area contributed by atoms with Crippen LogP contribution < -0.4 is 5.32 Å². The molecule has 2 nitrogen and oxygen atoms in total. The molecule has 2 aliphatic rings. The maximum Gasteiger partial charge on any atom is 0.0649 e. The molecule has 0 aromatic carbocycles. The van der Waals surface area contributed by atoms with E-state index in [9.17, 15) is 0 Å². The smallest absolute Gasteiger partial charge is 0.0649 e. The van der Waals surface area contributed by atoms with Crippen LogP contribution in [0.1, 0.15) is 53.4 Å². The van der Waals surface area contributed by atoms with Gasteiger partial charge in [-0.1, -0.05) is 20.8 Å². The van der Waals surface area contributed by atoms with Crippen LogP contribution in [0.4, 0.5) is 0 Å². The predicted octanol–water partition coefficient (Wildman–Crippen LogP) is 2.97. The van der Waals surface area contributed by atoms with E-state index in [2.05, 4.69) is 33.0 Å². The van der Waals surface area contributed by atoms with Crippen LogP contribution in [-0.2, 0) is 4.74 Å². The lowest BCUT2D eigenvalue weighted by Gasteiger charge is -2.48. The summed E-state index contributed by atoms with van der Waals surface area (Å²) in [6.07, 6.45) is 5.29. The van der Waals surface area contributed by atoms with Crippen molar-refractivity contribution in [2.75, 3.05) is 13.2 Å². The maximum atomic E-state index is 5.73. The minimum atomic E-state index is 0.305. The van der Waals surface area contributed by atoms with E-state index >= 15 is 0 Å². The van der Waals surface area contributed by atoms with Gasteiger partial charge < -0.3 is 10.1 Å². The Morgan fingerprint density at radius 1 is 1.19 bits per heavy atom. The van der Waals surface area contributed by atoms with Crippen molar-refractivity contribution >= 4 is 0 Å². The average molecular weight is 225 g/mol. The molecule has 0 bridgehead atoms. The Hall–Kier alpha value is -0.0800. The largest absolute Gasteiger partial charge is 0.378 e. The van der Waals surface area contributed by atoms with Crippen LogP contribution in [0.5, 0.6) is 0 Å². The lowest BCUT2D eigenvalue weighted by Crippen LogP contribution is -2.59. The molecular formula is C14H27NO. The number of nitrogens with one attached hydrogen (secondary N) is 1. The summed E-state index contributed by atoms with van der Waals surface area (Å²) in [5.74, 6) is 0.886. The van der Waals surface area contributed by atoms with Gasteiger partial charge in [-0.2, -0.15) is 0 Å². The number of hydrogen-bond acceptors (Lipinski definition) is 2. The summed E-state index contributed by atoms with van der Waals surface area (Å²) in [4.78, 5) is 0. The highest BCUT2D eigenvalue weighted by Crippen LogP contribution is 2.42. The molecule has 2 rings (SSSR count). The first kappa shape index (κ1) is 12.4. The zero-order valence-corrected chi connectivity index (χ0v) is 11.3. The SMILES string of the molecule is C[C@H]1COCC2(CCC(C(C)(C)C)CC2)N1. The summed E-state index contributed by atoms with van der Waals surface area (Å²) in [5.41, 5.74) is 0.780. The molecule has 0 aromatic heterocycles. The Morgan fingerprint density at radius 3 is 2.31 bits per heavy atom.